The lowest BCUT2D eigenvalue weighted by molar-refractivity contribution is 0.481. The summed E-state index contributed by atoms with van der Waals surface area (Å²) in [4.78, 5) is 0. The van der Waals surface area contributed by atoms with E-state index in [1.807, 2.05) is 6.07 Å². The van der Waals surface area contributed by atoms with Crippen LogP contribution in [0.1, 0.15) is 5.56 Å². The van der Waals surface area contributed by atoms with Gasteiger partial charge in [0.25, 0.3) is 0 Å². The van der Waals surface area contributed by atoms with Crippen LogP contribution < -0.4 is 4.74 Å². The van der Waals surface area contributed by atoms with E-state index in [-0.39, 0.29) is 0 Å². The normalized spacial score (nSPS) is 9.89. The van der Waals surface area contributed by atoms with Crippen LogP contribution in [0.25, 0.3) is 0 Å². The molecule has 90 valence electrons. The second-order valence-corrected chi connectivity index (χ2v) is 4.63. The van der Waals surface area contributed by atoms with Gasteiger partial charge >= 0.3 is 0 Å². The number of rotatable bonds is 2. The zero-order chi connectivity index (χ0) is 13.1. The number of nitriles is 1. The number of halogens is 3. The van der Waals surface area contributed by atoms with Gasteiger partial charge in [-0.25, -0.2) is 0 Å². The first-order valence-corrected chi connectivity index (χ1v) is 6.06. The fraction of sp³-hybridized carbons (Fsp3) is 0. The maximum absolute atomic E-state index is 9.00. The van der Waals surface area contributed by atoms with Gasteiger partial charge in [-0.05, 0) is 30.3 Å². The van der Waals surface area contributed by atoms with Crippen molar-refractivity contribution >= 4 is 34.8 Å². The van der Waals surface area contributed by atoms with E-state index in [1.165, 1.54) is 6.07 Å². The molecule has 0 aliphatic carbocycles. The Bertz CT molecular complexity index is 635. The molecular formula is C13H6Cl3NO. The first-order chi connectivity index (χ1) is 8.61. The van der Waals surface area contributed by atoms with Crippen LogP contribution >= 0.6 is 34.8 Å². The van der Waals surface area contributed by atoms with E-state index < -0.39 is 0 Å². The first-order valence-electron chi connectivity index (χ1n) is 4.93. The van der Waals surface area contributed by atoms with Crippen LogP contribution in [-0.4, -0.2) is 0 Å². The Morgan fingerprint density at radius 2 is 1.78 bits per heavy atom. The van der Waals surface area contributed by atoms with E-state index in [1.54, 1.807) is 30.3 Å². The largest absolute Gasteiger partial charge is 0.454 e. The molecular weight excluding hydrogens is 293 g/mol. The van der Waals surface area contributed by atoms with Gasteiger partial charge in [0.2, 0.25) is 0 Å². The Kier molecular flexibility index (Phi) is 3.98. The lowest BCUT2D eigenvalue weighted by Crippen LogP contribution is -1.89. The van der Waals surface area contributed by atoms with Crippen LogP contribution in [0.15, 0.2) is 36.4 Å². The molecule has 5 heteroatoms. The van der Waals surface area contributed by atoms with E-state index in [9.17, 15) is 0 Å². The summed E-state index contributed by atoms with van der Waals surface area (Å²) in [5.41, 5.74) is 0.332. The van der Waals surface area contributed by atoms with E-state index in [2.05, 4.69) is 0 Å². The molecule has 2 aromatic carbocycles. The summed E-state index contributed by atoms with van der Waals surface area (Å²) in [6.07, 6.45) is 0. The lowest BCUT2D eigenvalue weighted by Gasteiger charge is -2.09. The first kappa shape index (κ1) is 13.0. The zero-order valence-corrected chi connectivity index (χ0v) is 11.2. The van der Waals surface area contributed by atoms with Crippen molar-refractivity contribution in [1.29, 1.82) is 5.26 Å². The van der Waals surface area contributed by atoms with Crippen LogP contribution in [-0.2, 0) is 0 Å². The van der Waals surface area contributed by atoms with Crippen LogP contribution in [0.3, 0.4) is 0 Å². The summed E-state index contributed by atoms with van der Waals surface area (Å²) in [5, 5.41) is 10.2. The summed E-state index contributed by atoms with van der Waals surface area (Å²) in [5.74, 6) is 0.772. The third kappa shape index (κ3) is 2.70. The minimum atomic E-state index is 0.304. The van der Waals surface area contributed by atoms with Gasteiger partial charge in [-0.2, -0.15) is 5.26 Å². The molecule has 2 rings (SSSR count). The number of hydrogen-bond donors (Lipinski definition) is 0. The molecule has 0 aliphatic heterocycles. The highest BCUT2D eigenvalue weighted by atomic mass is 35.5. The van der Waals surface area contributed by atoms with Gasteiger partial charge < -0.3 is 4.74 Å². The molecule has 0 unspecified atom stereocenters. The van der Waals surface area contributed by atoms with Crippen LogP contribution in [0, 0.1) is 11.3 Å². The quantitative estimate of drug-likeness (QED) is 0.752. The predicted molar refractivity (Wildman–Crippen MR) is 72.7 cm³/mol. The van der Waals surface area contributed by atoms with Gasteiger partial charge in [-0.15, -0.1) is 0 Å². The Hall–Kier alpha value is -1.40. The van der Waals surface area contributed by atoms with E-state index in [4.69, 9.17) is 44.8 Å². The predicted octanol–water partition coefficient (Wildman–Crippen LogP) is 5.31. The standard InChI is InChI=1S/C13H6Cl3NO/c14-9-4-5-11(8(6-9)7-17)18-12-3-1-2-10(15)13(12)16/h1-6H. The van der Waals surface area contributed by atoms with Gasteiger partial charge in [0, 0.05) is 5.02 Å². The minimum Gasteiger partial charge on any atom is -0.454 e. The molecule has 0 radical (unpaired) electrons. The Morgan fingerprint density at radius 3 is 2.50 bits per heavy atom. The smallest absolute Gasteiger partial charge is 0.147 e. The molecule has 0 heterocycles. The van der Waals surface area contributed by atoms with Crippen molar-refractivity contribution in [3.05, 3.63) is 57.0 Å². The molecule has 0 aliphatic rings. The van der Waals surface area contributed by atoms with Crippen molar-refractivity contribution in [2.24, 2.45) is 0 Å². The van der Waals surface area contributed by atoms with E-state index >= 15 is 0 Å². The monoisotopic (exact) mass is 297 g/mol. The number of hydrogen-bond acceptors (Lipinski definition) is 2. The Balaban J connectivity index is 2.41. The molecule has 0 saturated heterocycles. The third-order valence-electron chi connectivity index (χ3n) is 2.20. The molecule has 18 heavy (non-hydrogen) atoms. The maximum atomic E-state index is 9.00. The van der Waals surface area contributed by atoms with Crippen LogP contribution in [0.5, 0.6) is 11.5 Å². The topological polar surface area (TPSA) is 33.0 Å². The Labute approximate surface area is 119 Å². The van der Waals surface area contributed by atoms with Crippen molar-refractivity contribution in [1.82, 2.24) is 0 Å². The van der Waals surface area contributed by atoms with Crippen molar-refractivity contribution < 1.29 is 4.74 Å². The van der Waals surface area contributed by atoms with Crippen molar-refractivity contribution in [2.45, 2.75) is 0 Å². The Morgan fingerprint density at radius 1 is 1.00 bits per heavy atom. The number of benzene rings is 2. The van der Waals surface area contributed by atoms with Crippen molar-refractivity contribution in [3.8, 4) is 17.6 Å². The van der Waals surface area contributed by atoms with Crippen molar-refractivity contribution in [3.63, 3.8) is 0 Å². The number of nitrogens with zero attached hydrogens (tertiary/aromatic N) is 1. The highest BCUT2D eigenvalue weighted by Crippen LogP contribution is 2.36. The summed E-state index contributed by atoms with van der Waals surface area (Å²) >= 11 is 17.7. The minimum absolute atomic E-state index is 0.304. The number of ether oxygens (including phenoxy) is 1. The molecule has 0 saturated carbocycles. The summed E-state index contributed by atoms with van der Waals surface area (Å²) < 4.78 is 5.57. The summed E-state index contributed by atoms with van der Waals surface area (Å²) in [6, 6.07) is 11.8. The van der Waals surface area contributed by atoms with Gasteiger partial charge in [0.1, 0.15) is 22.6 Å². The molecule has 2 nitrogen and oxygen atoms in total. The fourth-order valence-corrected chi connectivity index (χ4v) is 1.86. The van der Waals surface area contributed by atoms with Crippen LogP contribution in [0.2, 0.25) is 15.1 Å². The SMILES string of the molecule is N#Cc1cc(Cl)ccc1Oc1cccc(Cl)c1Cl. The van der Waals surface area contributed by atoms with Crippen molar-refractivity contribution in [2.75, 3.05) is 0 Å². The average molecular weight is 299 g/mol. The second-order valence-electron chi connectivity index (χ2n) is 3.41. The zero-order valence-electron chi connectivity index (χ0n) is 8.95. The van der Waals surface area contributed by atoms with Gasteiger partial charge in [-0.3, -0.25) is 0 Å². The van der Waals surface area contributed by atoms with E-state index in [0.29, 0.717) is 32.1 Å². The van der Waals surface area contributed by atoms with Gasteiger partial charge in [-0.1, -0.05) is 40.9 Å². The average Bonchev–Trinajstić information content (AvgIpc) is 2.37. The summed E-state index contributed by atoms with van der Waals surface area (Å²) in [6.45, 7) is 0. The molecule has 0 bridgehead atoms. The molecule has 0 amide bonds. The highest BCUT2D eigenvalue weighted by Gasteiger charge is 2.10. The molecule has 0 aromatic heterocycles. The lowest BCUT2D eigenvalue weighted by atomic mass is 10.2. The maximum Gasteiger partial charge on any atom is 0.147 e. The highest BCUT2D eigenvalue weighted by molar-refractivity contribution is 6.42. The van der Waals surface area contributed by atoms with Gasteiger partial charge in [0.05, 0.1) is 10.6 Å². The second kappa shape index (κ2) is 5.49. The molecule has 0 atom stereocenters. The molecule has 2 aromatic rings. The van der Waals surface area contributed by atoms with Gasteiger partial charge in [0.15, 0.2) is 0 Å². The molecule has 0 N–H and O–H groups in total. The van der Waals surface area contributed by atoms with E-state index in [0.717, 1.165) is 0 Å². The third-order valence-corrected chi connectivity index (χ3v) is 3.23. The fourth-order valence-electron chi connectivity index (χ4n) is 1.36. The molecule has 0 fully saturated rings. The molecule has 0 spiro atoms. The summed E-state index contributed by atoms with van der Waals surface area (Å²) in [7, 11) is 0. The van der Waals surface area contributed by atoms with Crippen LogP contribution in [0.4, 0.5) is 0 Å².